The average Bonchev–Trinajstić information content (AvgIpc) is 2.45. The number of amides is 2. The van der Waals surface area contributed by atoms with Gasteiger partial charge in [0.15, 0.2) is 0 Å². The van der Waals surface area contributed by atoms with Crippen molar-refractivity contribution >= 4 is 23.2 Å². The molecule has 0 saturated carbocycles. The third-order valence-corrected chi connectivity index (χ3v) is 3.43. The molecule has 21 heavy (non-hydrogen) atoms. The SMILES string of the molecule is CCC1C(=O)NCCN1C(=O)c1cc(N)ccc1[N+](=O)[O-]. The zero-order valence-corrected chi connectivity index (χ0v) is 11.5. The van der Waals surface area contributed by atoms with Crippen LogP contribution in [0, 0.1) is 10.1 Å². The summed E-state index contributed by atoms with van der Waals surface area (Å²) < 4.78 is 0. The van der Waals surface area contributed by atoms with Crippen molar-refractivity contribution in [3.63, 3.8) is 0 Å². The number of hydrogen-bond acceptors (Lipinski definition) is 5. The number of anilines is 1. The van der Waals surface area contributed by atoms with Crippen LogP contribution in [0.1, 0.15) is 23.7 Å². The molecule has 1 saturated heterocycles. The number of piperazine rings is 1. The number of benzene rings is 1. The van der Waals surface area contributed by atoms with Gasteiger partial charge >= 0.3 is 0 Å². The average molecular weight is 292 g/mol. The topological polar surface area (TPSA) is 119 Å². The molecule has 1 aliphatic rings. The second-order valence-corrected chi connectivity index (χ2v) is 4.75. The van der Waals surface area contributed by atoms with Crippen molar-refractivity contribution in [3.05, 3.63) is 33.9 Å². The predicted molar refractivity (Wildman–Crippen MR) is 75.6 cm³/mol. The summed E-state index contributed by atoms with van der Waals surface area (Å²) in [7, 11) is 0. The first-order valence-corrected chi connectivity index (χ1v) is 6.58. The van der Waals surface area contributed by atoms with Gasteiger partial charge in [0, 0.05) is 24.8 Å². The first kappa shape index (κ1) is 14.8. The van der Waals surface area contributed by atoms with Gasteiger partial charge in [-0.3, -0.25) is 19.7 Å². The second kappa shape index (κ2) is 5.78. The Morgan fingerprint density at radius 3 is 2.90 bits per heavy atom. The van der Waals surface area contributed by atoms with Crippen molar-refractivity contribution in [3.8, 4) is 0 Å². The van der Waals surface area contributed by atoms with Crippen LogP contribution in [0.5, 0.6) is 0 Å². The van der Waals surface area contributed by atoms with Gasteiger partial charge in [0.05, 0.1) is 4.92 Å². The van der Waals surface area contributed by atoms with Crippen LogP contribution in [0.15, 0.2) is 18.2 Å². The highest BCUT2D eigenvalue weighted by Gasteiger charge is 2.34. The standard InChI is InChI=1S/C13H16N4O4/c1-2-10-12(18)15-5-6-16(10)13(19)9-7-8(14)3-4-11(9)17(20)21/h3-4,7,10H,2,5-6,14H2,1H3,(H,15,18). The molecule has 112 valence electrons. The Labute approximate surface area is 121 Å². The highest BCUT2D eigenvalue weighted by Crippen LogP contribution is 2.24. The van der Waals surface area contributed by atoms with Crippen LogP contribution >= 0.6 is 0 Å². The van der Waals surface area contributed by atoms with Gasteiger partial charge in [0.25, 0.3) is 11.6 Å². The molecule has 8 nitrogen and oxygen atoms in total. The van der Waals surface area contributed by atoms with Crippen molar-refractivity contribution < 1.29 is 14.5 Å². The molecule has 8 heteroatoms. The fourth-order valence-electron chi connectivity index (χ4n) is 2.40. The number of nitrogens with two attached hydrogens (primary N) is 1. The molecule has 1 fully saturated rings. The second-order valence-electron chi connectivity index (χ2n) is 4.75. The Hall–Kier alpha value is -2.64. The fourth-order valence-corrected chi connectivity index (χ4v) is 2.40. The summed E-state index contributed by atoms with van der Waals surface area (Å²) in [6.07, 6.45) is 0.438. The van der Waals surface area contributed by atoms with Gasteiger partial charge in [0.1, 0.15) is 11.6 Å². The number of nitro benzene ring substituents is 1. The molecule has 2 rings (SSSR count). The molecule has 0 bridgehead atoms. The molecule has 2 amide bonds. The van der Waals surface area contributed by atoms with Crippen LogP contribution in [0.2, 0.25) is 0 Å². The minimum absolute atomic E-state index is 0.0897. The number of rotatable bonds is 3. The third-order valence-electron chi connectivity index (χ3n) is 3.43. The fraction of sp³-hybridized carbons (Fsp3) is 0.385. The van der Waals surface area contributed by atoms with Crippen molar-refractivity contribution in [2.45, 2.75) is 19.4 Å². The molecule has 0 aromatic heterocycles. The molecular formula is C13H16N4O4. The smallest absolute Gasteiger partial charge is 0.282 e. The predicted octanol–water partition coefficient (Wildman–Crippen LogP) is 0.528. The molecule has 0 spiro atoms. The molecule has 1 atom stereocenters. The maximum absolute atomic E-state index is 12.6. The maximum Gasteiger partial charge on any atom is 0.282 e. The maximum atomic E-state index is 12.6. The molecule has 0 radical (unpaired) electrons. The zero-order chi connectivity index (χ0) is 15.6. The van der Waals surface area contributed by atoms with E-state index in [1.54, 1.807) is 6.92 Å². The van der Waals surface area contributed by atoms with Crippen LogP contribution in [-0.2, 0) is 4.79 Å². The Kier molecular flexibility index (Phi) is 4.06. The first-order chi connectivity index (χ1) is 9.95. The van der Waals surface area contributed by atoms with E-state index in [1.807, 2.05) is 0 Å². The number of carbonyl (C=O) groups excluding carboxylic acids is 2. The Balaban J connectivity index is 2.41. The first-order valence-electron chi connectivity index (χ1n) is 6.58. The van der Waals surface area contributed by atoms with Gasteiger partial charge in [-0.1, -0.05) is 6.92 Å². The summed E-state index contributed by atoms with van der Waals surface area (Å²) >= 11 is 0. The van der Waals surface area contributed by atoms with Crippen molar-refractivity contribution in [2.75, 3.05) is 18.8 Å². The highest BCUT2D eigenvalue weighted by molar-refractivity contribution is 6.01. The lowest BCUT2D eigenvalue weighted by Crippen LogP contribution is -2.56. The van der Waals surface area contributed by atoms with Crippen molar-refractivity contribution in [1.29, 1.82) is 0 Å². The van der Waals surface area contributed by atoms with E-state index in [4.69, 9.17) is 5.73 Å². The van der Waals surface area contributed by atoms with Gasteiger partial charge in [-0.15, -0.1) is 0 Å². The van der Waals surface area contributed by atoms with Crippen LogP contribution in [-0.4, -0.2) is 40.8 Å². The van der Waals surface area contributed by atoms with E-state index < -0.39 is 16.9 Å². The monoisotopic (exact) mass is 292 g/mol. The number of nitrogens with zero attached hydrogens (tertiary/aromatic N) is 2. The summed E-state index contributed by atoms with van der Waals surface area (Å²) in [6.45, 7) is 2.43. The van der Waals surface area contributed by atoms with Gasteiger partial charge in [-0.25, -0.2) is 0 Å². The van der Waals surface area contributed by atoms with E-state index >= 15 is 0 Å². The number of nitrogen functional groups attached to an aromatic ring is 1. The largest absolute Gasteiger partial charge is 0.399 e. The summed E-state index contributed by atoms with van der Waals surface area (Å²) in [5.41, 5.74) is 5.48. The van der Waals surface area contributed by atoms with E-state index in [2.05, 4.69) is 5.32 Å². The van der Waals surface area contributed by atoms with E-state index in [0.29, 0.717) is 19.5 Å². The quantitative estimate of drug-likeness (QED) is 0.478. The molecule has 1 aromatic rings. The molecule has 3 N–H and O–H groups in total. The third kappa shape index (κ3) is 2.78. The van der Waals surface area contributed by atoms with Gasteiger partial charge in [0.2, 0.25) is 5.91 Å². The number of nitro groups is 1. The van der Waals surface area contributed by atoms with Crippen LogP contribution in [0.4, 0.5) is 11.4 Å². The Morgan fingerprint density at radius 2 is 2.29 bits per heavy atom. The summed E-state index contributed by atoms with van der Waals surface area (Å²) in [6, 6.07) is 3.23. The van der Waals surface area contributed by atoms with Crippen molar-refractivity contribution in [1.82, 2.24) is 10.2 Å². The molecule has 1 heterocycles. The lowest BCUT2D eigenvalue weighted by molar-refractivity contribution is -0.385. The van der Waals surface area contributed by atoms with Crippen LogP contribution in [0.3, 0.4) is 0 Å². The Morgan fingerprint density at radius 1 is 1.57 bits per heavy atom. The number of nitrogens with one attached hydrogen (secondary N) is 1. The zero-order valence-electron chi connectivity index (χ0n) is 11.5. The van der Waals surface area contributed by atoms with Crippen LogP contribution in [0.25, 0.3) is 0 Å². The minimum Gasteiger partial charge on any atom is -0.399 e. The molecule has 0 aliphatic carbocycles. The van der Waals surface area contributed by atoms with E-state index in [9.17, 15) is 19.7 Å². The molecule has 1 aromatic carbocycles. The molecule has 1 unspecified atom stereocenters. The molecule has 1 aliphatic heterocycles. The lowest BCUT2D eigenvalue weighted by atomic mass is 10.1. The lowest BCUT2D eigenvalue weighted by Gasteiger charge is -2.34. The highest BCUT2D eigenvalue weighted by atomic mass is 16.6. The van der Waals surface area contributed by atoms with Gasteiger partial charge < -0.3 is 16.0 Å². The minimum atomic E-state index is -0.627. The summed E-state index contributed by atoms with van der Waals surface area (Å²) in [5, 5.41) is 13.7. The molecular weight excluding hydrogens is 276 g/mol. The normalized spacial score (nSPS) is 18.2. The number of carbonyl (C=O) groups is 2. The number of hydrogen-bond donors (Lipinski definition) is 2. The van der Waals surface area contributed by atoms with Crippen molar-refractivity contribution in [2.24, 2.45) is 0 Å². The van der Waals surface area contributed by atoms with E-state index in [-0.39, 0.29) is 22.8 Å². The van der Waals surface area contributed by atoms with Gasteiger partial charge in [-0.05, 0) is 18.6 Å². The summed E-state index contributed by atoms with van der Waals surface area (Å²) in [4.78, 5) is 36.2. The van der Waals surface area contributed by atoms with Gasteiger partial charge in [-0.2, -0.15) is 0 Å². The summed E-state index contributed by atoms with van der Waals surface area (Å²) in [5.74, 6) is -0.792. The van der Waals surface area contributed by atoms with E-state index in [1.165, 1.54) is 23.1 Å². The van der Waals surface area contributed by atoms with E-state index in [0.717, 1.165) is 0 Å². The van der Waals surface area contributed by atoms with Crippen LogP contribution < -0.4 is 11.1 Å². The Bertz CT molecular complexity index is 602.